The number of amides is 1. The van der Waals surface area contributed by atoms with Gasteiger partial charge < -0.3 is 15.7 Å². The van der Waals surface area contributed by atoms with Crippen molar-refractivity contribution in [1.82, 2.24) is 19.6 Å². The molecule has 0 radical (unpaired) electrons. The quantitative estimate of drug-likeness (QED) is 0.574. The summed E-state index contributed by atoms with van der Waals surface area (Å²) in [5, 5.41) is 12.9. The fourth-order valence-corrected chi connectivity index (χ4v) is 3.62. The minimum atomic E-state index is -5.08. The lowest BCUT2D eigenvalue weighted by atomic mass is 10.1. The van der Waals surface area contributed by atoms with E-state index in [-0.39, 0.29) is 0 Å². The second-order valence-corrected chi connectivity index (χ2v) is 8.25. The number of carbonyl (C=O) groups is 2. The number of likely N-dealkylation sites (N-methyl/N-ethyl adjacent to an activating group) is 1. The minimum Gasteiger partial charge on any atom is -0.475 e. The van der Waals surface area contributed by atoms with Crippen LogP contribution in [-0.2, 0) is 11.3 Å². The lowest BCUT2D eigenvalue weighted by Crippen LogP contribution is -2.43. The number of piperazine rings is 1. The van der Waals surface area contributed by atoms with Crippen LogP contribution in [0.25, 0.3) is 16.6 Å². The molecule has 8 nitrogen and oxygen atoms in total. The Labute approximate surface area is 198 Å². The Morgan fingerprint density at radius 3 is 2.21 bits per heavy atom. The number of carbonyl (C=O) groups excluding carboxylic acids is 1. The maximum Gasteiger partial charge on any atom is 0.490 e. The summed E-state index contributed by atoms with van der Waals surface area (Å²) >= 11 is 6.26. The van der Waals surface area contributed by atoms with Gasteiger partial charge in [-0.25, -0.2) is 9.48 Å². The van der Waals surface area contributed by atoms with Crippen LogP contribution in [0, 0.1) is 0 Å². The number of alkyl halides is 3. The van der Waals surface area contributed by atoms with E-state index in [0.717, 1.165) is 43.8 Å². The summed E-state index contributed by atoms with van der Waals surface area (Å²) in [4.78, 5) is 25.4. The molecular formula is C22H23ClF3N5O3. The maximum atomic E-state index is 11.6. The molecule has 1 aromatic heterocycles. The molecule has 0 aliphatic carbocycles. The van der Waals surface area contributed by atoms with Crippen molar-refractivity contribution in [3.63, 3.8) is 0 Å². The summed E-state index contributed by atoms with van der Waals surface area (Å²) in [6.07, 6.45) is -3.25. The molecule has 182 valence electrons. The molecule has 0 saturated carbocycles. The van der Waals surface area contributed by atoms with Gasteiger partial charge in [-0.2, -0.15) is 18.3 Å². The van der Waals surface area contributed by atoms with E-state index in [0.29, 0.717) is 16.1 Å². The third kappa shape index (κ3) is 6.25. The molecule has 2 aromatic carbocycles. The standard InChI is InChI=1S/C20H22ClN5O.C2HF3O2/c1-24-8-10-25(11-9-24)12-14-2-4-15(5-3-14)26-13-17-18(21)7-6-16(20(22)27)19(17)23-26;3-2(4,5)1(6)7/h2-7,13H,8-12H2,1H3,(H2,22,27);(H,6,7). The lowest BCUT2D eigenvalue weighted by molar-refractivity contribution is -0.192. The summed E-state index contributed by atoms with van der Waals surface area (Å²) in [6.45, 7) is 5.36. The van der Waals surface area contributed by atoms with E-state index in [1.165, 1.54) is 5.56 Å². The Hall–Kier alpha value is -3.15. The van der Waals surface area contributed by atoms with E-state index >= 15 is 0 Å². The number of primary amides is 1. The lowest BCUT2D eigenvalue weighted by Gasteiger charge is -2.32. The second kappa shape index (κ2) is 10.4. The Morgan fingerprint density at radius 2 is 1.68 bits per heavy atom. The van der Waals surface area contributed by atoms with Crippen LogP contribution in [0.3, 0.4) is 0 Å². The van der Waals surface area contributed by atoms with Gasteiger partial charge in [-0.1, -0.05) is 23.7 Å². The van der Waals surface area contributed by atoms with Crippen LogP contribution in [0.5, 0.6) is 0 Å². The molecule has 1 saturated heterocycles. The normalized spacial score (nSPS) is 15.1. The van der Waals surface area contributed by atoms with Crippen molar-refractivity contribution in [2.75, 3.05) is 33.2 Å². The summed E-state index contributed by atoms with van der Waals surface area (Å²) in [6, 6.07) is 11.6. The van der Waals surface area contributed by atoms with Gasteiger partial charge in [0.1, 0.15) is 5.52 Å². The van der Waals surface area contributed by atoms with E-state index in [2.05, 4.69) is 34.1 Å². The van der Waals surface area contributed by atoms with Crippen LogP contribution < -0.4 is 5.73 Å². The molecule has 1 fully saturated rings. The van der Waals surface area contributed by atoms with E-state index in [1.807, 2.05) is 18.3 Å². The van der Waals surface area contributed by atoms with Crippen molar-refractivity contribution in [1.29, 1.82) is 0 Å². The van der Waals surface area contributed by atoms with Crippen molar-refractivity contribution in [2.45, 2.75) is 12.7 Å². The topological polar surface area (TPSA) is 105 Å². The highest BCUT2D eigenvalue weighted by molar-refractivity contribution is 6.36. The number of carboxylic acids is 1. The zero-order valence-corrected chi connectivity index (χ0v) is 19.0. The van der Waals surface area contributed by atoms with E-state index in [1.54, 1.807) is 16.8 Å². The van der Waals surface area contributed by atoms with Gasteiger partial charge in [-0.05, 0) is 36.9 Å². The highest BCUT2D eigenvalue weighted by Gasteiger charge is 2.38. The van der Waals surface area contributed by atoms with Crippen LogP contribution in [0.1, 0.15) is 15.9 Å². The molecule has 0 unspecified atom stereocenters. The Bertz CT molecular complexity index is 1170. The third-order valence-corrected chi connectivity index (χ3v) is 5.66. The van der Waals surface area contributed by atoms with Gasteiger partial charge in [0, 0.05) is 44.3 Å². The van der Waals surface area contributed by atoms with Gasteiger partial charge in [-0.3, -0.25) is 9.69 Å². The van der Waals surface area contributed by atoms with Crippen molar-refractivity contribution >= 4 is 34.4 Å². The van der Waals surface area contributed by atoms with E-state index < -0.39 is 18.1 Å². The van der Waals surface area contributed by atoms with Crippen LogP contribution in [0.15, 0.2) is 42.6 Å². The number of aliphatic carboxylic acids is 1. The summed E-state index contributed by atoms with van der Waals surface area (Å²) in [5.74, 6) is -3.27. The molecule has 1 aliphatic rings. The van der Waals surface area contributed by atoms with Gasteiger partial charge in [0.2, 0.25) is 0 Å². The maximum absolute atomic E-state index is 11.6. The van der Waals surface area contributed by atoms with E-state index in [9.17, 15) is 18.0 Å². The largest absolute Gasteiger partial charge is 0.490 e. The van der Waals surface area contributed by atoms with Gasteiger partial charge in [0.25, 0.3) is 5.91 Å². The number of rotatable bonds is 4. The minimum absolute atomic E-state index is 0.375. The van der Waals surface area contributed by atoms with Crippen LogP contribution in [0.2, 0.25) is 5.02 Å². The molecule has 12 heteroatoms. The van der Waals surface area contributed by atoms with Gasteiger partial charge in [-0.15, -0.1) is 0 Å². The summed E-state index contributed by atoms with van der Waals surface area (Å²) in [5.41, 5.74) is 8.55. The van der Waals surface area contributed by atoms with Crippen molar-refractivity contribution in [3.05, 3.63) is 58.7 Å². The first kappa shape index (κ1) is 25.5. The van der Waals surface area contributed by atoms with Crippen molar-refractivity contribution in [3.8, 4) is 5.69 Å². The number of hydrogen-bond acceptors (Lipinski definition) is 5. The third-order valence-electron chi connectivity index (χ3n) is 5.33. The average molecular weight is 498 g/mol. The molecule has 2 heterocycles. The summed E-state index contributed by atoms with van der Waals surface area (Å²) in [7, 11) is 2.16. The molecule has 0 spiro atoms. The molecule has 1 aliphatic heterocycles. The van der Waals surface area contributed by atoms with Gasteiger partial charge in [0.05, 0.1) is 16.3 Å². The summed E-state index contributed by atoms with van der Waals surface area (Å²) < 4.78 is 33.5. The fourth-order valence-electron chi connectivity index (χ4n) is 3.42. The number of nitrogens with two attached hydrogens (primary N) is 1. The first-order valence-electron chi connectivity index (χ1n) is 10.2. The van der Waals surface area contributed by atoms with Crippen LogP contribution in [0.4, 0.5) is 13.2 Å². The monoisotopic (exact) mass is 497 g/mol. The zero-order valence-electron chi connectivity index (χ0n) is 18.2. The molecule has 1 amide bonds. The molecule has 0 atom stereocenters. The van der Waals surface area contributed by atoms with E-state index in [4.69, 9.17) is 27.2 Å². The number of aromatic nitrogens is 2. The second-order valence-electron chi connectivity index (χ2n) is 7.84. The number of carboxylic acid groups (broad SMARTS) is 1. The number of benzene rings is 2. The van der Waals surface area contributed by atoms with Crippen LogP contribution >= 0.6 is 11.6 Å². The number of nitrogens with zero attached hydrogens (tertiary/aromatic N) is 4. The number of halogens is 4. The average Bonchev–Trinajstić information content (AvgIpc) is 3.22. The molecule has 34 heavy (non-hydrogen) atoms. The SMILES string of the molecule is CN1CCN(Cc2ccc(-n3cc4c(Cl)ccc(C(N)=O)c4n3)cc2)CC1.O=C(O)C(F)(F)F. The highest BCUT2D eigenvalue weighted by atomic mass is 35.5. The Balaban J connectivity index is 0.000000406. The van der Waals surface area contributed by atoms with Crippen molar-refractivity contribution in [2.24, 2.45) is 5.73 Å². The zero-order chi connectivity index (χ0) is 25.0. The first-order chi connectivity index (χ1) is 16.0. The smallest absolute Gasteiger partial charge is 0.475 e. The Kier molecular flexibility index (Phi) is 7.80. The number of fused-ring (bicyclic) bond motifs is 1. The predicted molar refractivity (Wildman–Crippen MR) is 121 cm³/mol. The fraction of sp³-hybridized carbons (Fsp3) is 0.318. The molecule has 0 bridgehead atoms. The molecular weight excluding hydrogens is 475 g/mol. The predicted octanol–water partition coefficient (Wildman–Crippen LogP) is 3.16. The number of hydrogen-bond donors (Lipinski definition) is 2. The molecule has 4 rings (SSSR count). The Morgan fingerprint density at radius 1 is 1.09 bits per heavy atom. The van der Waals surface area contributed by atoms with Gasteiger partial charge >= 0.3 is 12.1 Å². The first-order valence-corrected chi connectivity index (χ1v) is 10.6. The molecule has 3 N–H and O–H groups in total. The highest BCUT2D eigenvalue weighted by Crippen LogP contribution is 2.27. The van der Waals surface area contributed by atoms with Crippen LogP contribution in [-0.4, -0.2) is 76.0 Å². The van der Waals surface area contributed by atoms with Gasteiger partial charge in [0.15, 0.2) is 0 Å². The van der Waals surface area contributed by atoms with Crippen molar-refractivity contribution < 1.29 is 27.9 Å². The molecule has 3 aromatic rings.